The van der Waals surface area contributed by atoms with Gasteiger partial charge in [-0.15, -0.1) is 11.3 Å². The summed E-state index contributed by atoms with van der Waals surface area (Å²) in [7, 11) is 1.00. The highest BCUT2D eigenvalue weighted by Gasteiger charge is 2.51. The fraction of sp³-hybridized carbons (Fsp3) is 0.667. The highest BCUT2D eigenvalue weighted by Crippen LogP contribution is 2.45. The van der Waals surface area contributed by atoms with Gasteiger partial charge in [0.15, 0.2) is 0 Å². The summed E-state index contributed by atoms with van der Waals surface area (Å²) in [6, 6.07) is 1.87. The summed E-state index contributed by atoms with van der Waals surface area (Å²) in [6.45, 7) is 15.3. The number of aromatic nitrogens is 1. The van der Waals surface area contributed by atoms with Gasteiger partial charge in [0.1, 0.15) is 11.5 Å². The second-order valence-corrected chi connectivity index (χ2v) is 14.0. The van der Waals surface area contributed by atoms with Crippen LogP contribution in [-0.4, -0.2) is 65.0 Å². The van der Waals surface area contributed by atoms with Crippen LogP contribution in [0.25, 0.3) is 0 Å². The average Bonchev–Trinajstić information content (AvgIpc) is 3.42. The molecule has 1 aromatic heterocycles. The van der Waals surface area contributed by atoms with Gasteiger partial charge in [-0.2, -0.15) is 5.26 Å². The van der Waals surface area contributed by atoms with E-state index in [4.69, 9.17) is 10.4 Å². The third-order valence-corrected chi connectivity index (χ3v) is 9.51. The van der Waals surface area contributed by atoms with Crippen LogP contribution in [0.5, 0.6) is 0 Å². The highest BCUT2D eigenvalue weighted by atomic mass is 32.1. The van der Waals surface area contributed by atoms with Gasteiger partial charge < -0.3 is 20.6 Å². The van der Waals surface area contributed by atoms with Crippen molar-refractivity contribution in [3.63, 3.8) is 0 Å². The van der Waals surface area contributed by atoms with Gasteiger partial charge in [0, 0.05) is 30.5 Å². The van der Waals surface area contributed by atoms with Crippen molar-refractivity contribution >= 4 is 29.6 Å². The van der Waals surface area contributed by atoms with E-state index in [-0.39, 0.29) is 35.4 Å². The zero-order valence-corrected chi connectivity index (χ0v) is 28.0. The van der Waals surface area contributed by atoms with Crippen molar-refractivity contribution in [1.82, 2.24) is 20.5 Å². The molecule has 4 unspecified atom stereocenters. The van der Waals surface area contributed by atoms with Gasteiger partial charge in [-0.25, -0.2) is 4.98 Å². The molecule has 10 heteroatoms. The lowest BCUT2D eigenvalue weighted by Crippen LogP contribution is -2.47. The van der Waals surface area contributed by atoms with E-state index in [1.54, 1.807) is 16.2 Å². The van der Waals surface area contributed by atoms with Gasteiger partial charge in [-0.05, 0) is 69.3 Å². The molecule has 0 bridgehead atoms. The average molecular weight is 614 g/mol. The van der Waals surface area contributed by atoms with Crippen LogP contribution in [0.4, 0.5) is 0 Å². The van der Waals surface area contributed by atoms with Gasteiger partial charge in [0.05, 0.1) is 23.3 Å². The second-order valence-electron chi connectivity index (χ2n) is 13.2. The number of nitriles is 1. The first kappa shape index (κ1) is 36.2. The Morgan fingerprint density at radius 3 is 2.40 bits per heavy atom. The molecule has 1 saturated carbocycles. The Morgan fingerprint density at radius 1 is 1.26 bits per heavy atom. The monoisotopic (exact) mass is 613 g/mol. The van der Waals surface area contributed by atoms with E-state index >= 15 is 0 Å². The minimum absolute atomic E-state index is 0.00800. The van der Waals surface area contributed by atoms with Crippen LogP contribution in [0.15, 0.2) is 29.3 Å². The van der Waals surface area contributed by atoms with Crippen LogP contribution in [0.3, 0.4) is 0 Å². The fourth-order valence-corrected chi connectivity index (χ4v) is 5.93. The maximum atomic E-state index is 12.8. The summed E-state index contributed by atoms with van der Waals surface area (Å²) in [5, 5.41) is 22.0. The molecule has 2 heterocycles. The summed E-state index contributed by atoms with van der Waals surface area (Å²) < 4.78 is 0. The molecule has 2 aliphatic carbocycles. The van der Waals surface area contributed by atoms with Crippen molar-refractivity contribution in [3.05, 3.63) is 39.9 Å². The Labute approximate surface area is 261 Å². The molecule has 3 aliphatic rings. The van der Waals surface area contributed by atoms with Gasteiger partial charge in [-0.3, -0.25) is 14.4 Å². The van der Waals surface area contributed by atoms with Crippen LogP contribution < -0.4 is 10.6 Å². The van der Waals surface area contributed by atoms with E-state index in [2.05, 4.69) is 81.5 Å². The SMILES string of the molecule is CC(NC(=O)C1(C#N)CC1)C(C)(C)C.CO.Cc1ncsc1C1C=CC(C(CC(C)C)NC(=O)C2CCCN2C=O)=CC1. The van der Waals surface area contributed by atoms with Crippen molar-refractivity contribution in [2.75, 3.05) is 13.7 Å². The number of nitrogens with one attached hydrogen (secondary N) is 2. The lowest BCUT2D eigenvalue weighted by Gasteiger charge is -2.28. The predicted octanol–water partition coefficient (Wildman–Crippen LogP) is 5.02. The van der Waals surface area contributed by atoms with Gasteiger partial charge in [-0.1, -0.05) is 52.8 Å². The first-order valence-electron chi connectivity index (χ1n) is 15.3. The third-order valence-electron chi connectivity index (χ3n) is 8.45. The Balaban J connectivity index is 0.000000340. The van der Waals surface area contributed by atoms with E-state index < -0.39 is 5.41 Å². The molecule has 0 aromatic carbocycles. The first-order valence-corrected chi connectivity index (χ1v) is 16.2. The van der Waals surface area contributed by atoms with Crippen molar-refractivity contribution < 1.29 is 19.5 Å². The Hall–Kier alpha value is -3.03. The highest BCUT2D eigenvalue weighted by molar-refractivity contribution is 7.09. The van der Waals surface area contributed by atoms with Gasteiger partial charge in [0.25, 0.3) is 0 Å². The number of hydrogen-bond donors (Lipinski definition) is 3. The maximum Gasteiger partial charge on any atom is 0.243 e. The molecule has 3 amide bonds. The molecular weight excluding hydrogens is 562 g/mol. The number of thiazole rings is 1. The number of rotatable bonds is 9. The van der Waals surface area contributed by atoms with E-state index in [1.807, 2.05) is 12.4 Å². The van der Waals surface area contributed by atoms with Crippen LogP contribution in [0, 0.1) is 35.0 Å². The molecule has 1 aromatic rings. The normalized spacial score (nSPS) is 21.6. The number of allylic oxidation sites excluding steroid dienone is 2. The largest absolute Gasteiger partial charge is 0.400 e. The maximum absolute atomic E-state index is 12.8. The smallest absolute Gasteiger partial charge is 0.243 e. The zero-order chi connectivity index (χ0) is 32.4. The molecule has 4 atom stereocenters. The number of aliphatic hydroxyl groups is 1. The minimum atomic E-state index is -0.695. The quantitative estimate of drug-likeness (QED) is 0.335. The molecule has 3 N–H and O–H groups in total. The van der Waals surface area contributed by atoms with E-state index in [0.29, 0.717) is 31.2 Å². The van der Waals surface area contributed by atoms with Crippen LogP contribution in [0.1, 0.15) is 96.6 Å². The second kappa shape index (κ2) is 16.2. The Morgan fingerprint density at radius 2 is 1.93 bits per heavy atom. The van der Waals surface area contributed by atoms with Gasteiger partial charge >= 0.3 is 0 Å². The van der Waals surface area contributed by atoms with Crippen LogP contribution >= 0.6 is 11.3 Å². The van der Waals surface area contributed by atoms with Crippen molar-refractivity contribution in [3.8, 4) is 6.07 Å². The number of likely N-dealkylation sites (tertiary alicyclic amines) is 1. The topological polar surface area (TPSA) is 135 Å². The summed E-state index contributed by atoms with van der Waals surface area (Å²) in [5.74, 6) is 0.719. The van der Waals surface area contributed by atoms with Crippen molar-refractivity contribution in [1.29, 1.82) is 5.26 Å². The fourth-order valence-electron chi connectivity index (χ4n) is 5.04. The van der Waals surface area contributed by atoms with Crippen LogP contribution in [0.2, 0.25) is 0 Å². The zero-order valence-electron chi connectivity index (χ0n) is 27.1. The lowest BCUT2D eigenvalue weighted by atomic mass is 9.87. The standard InChI is InChI=1S/C21H29N3O2S.C11H18N2O.CH4O/c1-14(2)11-18(23-21(26)19-5-4-10-24(19)13-25)16-6-8-17(9-7-16)20-15(3)22-12-27-20;1-8(10(2,3)4)13-9(14)11(7-12)5-6-11;1-2/h6-8,12-14,17-19H,4-5,9-11H2,1-3H3,(H,23,26);8H,5-6H2,1-4H3,(H,13,14);2H,1H3. The number of amides is 3. The third kappa shape index (κ3) is 10.0. The van der Waals surface area contributed by atoms with E-state index in [0.717, 1.165) is 44.9 Å². The van der Waals surface area contributed by atoms with Gasteiger partial charge in [0.2, 0.25) is 18.2 Å². The number of hydrogen-bond acceptors (Lipinski definition) is 7. The molecule has 4 rings (SSSR count). The van der Waals surface area contributed by atoms with Crippen molar-refractivity contribution in [2.24, 2.45) is 16.7 Å². The van der Waals surface area contributed by atoms with Crippen LogP contribution in [-0.2, 0) is 14.4 Å². The number of aryl methyl sites for hydroxylation is 1. The number of carbonyl (C=O) groups is 3. The Kier molecular flexibility index (Phi) is 13.6. The summed E-state index contributed by atoms with van der Waals surface area (Å²) in [4.78, 5) is 42.9. The molecule has 238 valence electrons. The molecule has 1 aliphatic heterocycles. The van der Waals surface area contributed by atoms with Crippen molar-refractivity contribution in [2.45, 2.75) is 111 Å². The Bertz CT molecular complexity index is 1190. The number of nitrogens with zero attached hydrogens (tertiary/aromatic N) is 3. The van der Waals surface area contributed by atoms with E-state index in [9.17, 15) is 14.4 Å². The van der Waals surface area contributed by atoms with E-state index in [1.165, 1.54) is 10.5 Å². The molecular formula is C33H51N5O4S. The summed E-state index contributed by atoms with van der Waals surface area (Å²) in [5.41, 5.74) is 3.53. The molecule has 43 heavy (non-hydrogen) atoms. The number of aliphatic hydroxyl groups excluding tert-OH is 1. The summed E-state index contributed by atoms with van der Waals surface area (Å²) >= 11 is 1.71. The summed E-state index contributed by atoms with van der Waals surface area (Å²) in [6.07, 6.45) is 12.3. The molecule has 2 fully saturated rings. The predicted molar refractivity (Wildman–Crippen MR) is 171 cm³/mol. The lowest BCUT2D eigenvalue weighted by molar-refractivity contribution is -0.131. The first-order chi connectivity index (χ1) is 20.3. The molecule has 0 radical (unpaired) electrons. The minimum Gasteiger partial charge on any atom is -0.400 e. The molecule has 9 nitrogen and oxygen atoms in total. The molecule has 0 spiro atoms. The molecule has 1 saturated heterocycles. The number of carbonyl (C=O) groups excluding carboxylic acids is 3.